The molecule has 0 amide bonds. The van der Waals surface area contributed by atoms with Crippen molar-refractivity contribution in [1.29, 1.82) is 0 Å². The molecule has 0 bridgehead atoms. The first-order valence-electron chi connectivity index (χ1n) is 6.84. The van der Waals surface area contributed by atoms with Gasteiger partial charge in [-0.15, -0.1) is 0 Å². The topological polar surface area (TPSA) is 81.3 Å². The van der Waals surface area contributed by atoms with Gasteiger partial charge in [0.1, 0.15) is 17.4 Å². The number of rotatable bonds is 3. The second-order valence-corrected chi connectivity index (χ2v) is 5.98. The van der Waals surface area contributed by atoms with Crippen LogP contribution in [0.4, 0.5) is 5.82 Å². The maximum Gasteiger partial charge on any atom is 0.227 e. The number of para-hydroxylation sites is 1. The van der Waals surface area contributed by atoms with Crippen molar-refractivity contribution in [1.82, 2.24) is 9.97 Å². The molecule has 5 heteroatoms. The predicted molar refractivity (Wildman–Crippen MR) is 82.3 cm³/mol. The Bertz CT molecular complexity index is 648. The zero-order chi connectivity index (χ0) is 15.6. The zero-order valence-electron chi connectivity index (χ0n) is 12.8. The number of nitrogen functional groups attached to an aromatic ring is 1. The van der Waals surface area contributed by atoms with Crippen LogP contribution in [-0.2, 0) is 12.0 Å². The first-order chi connectivity index (χ1) is 9.82. The van der Waals surface area contributed by atoms with Crippen LogP contribution in [0.5, 0.6) is 11.6 Å². The minimum atomic E-state index is -0.226. The Balaban J connectivity index is 2.46. The molecule has 0 radical (unpaired) electrons. The number of aliphatic hydroxyl groups excluding tert-OH is 1. The monoisotopic (exact) mass is 287 g/mol. The molecule has 3 N–H and O–H groups in total. The molecule has 2 rings (SSSR count). The van der Waals surface area contributed by atoms with Gasteiger partial charge in [-0.05, 0) is 13.0 Å². The molecule has 0 unspecified atom stereocenters. The van der Waals surface area contributed by atoms with Gasteiger partial charge >= 0.3 is 0 Å². The Morgan fingerprint density at radius 1 is 1.19 bits per heavy atom. The van der Waals surface area contributed by atoms with Crippen LogP contribution in [0.1, 0.15) is 37.7 Å². The third-order valence-electron chi connectivity index (χ3n) is 3.16. The summed E-state index contributed by atoms with van der Waals surface area (Å²) in [5.74, 6) is 2.03. The second kappa shape index (κ2) is 5.69. The Hall–Kier alpha value is -2.14. The van der Waals surface area contributed by atoms with Gasteiger partial charge in [0.25, 0.3) is 0 Å². The number of anilines is 1. The van der Waals surface area contributed by atoms with Gasteiger partial charge in [0, 0.05) is 11.0 Å². The number of aliphatic hydroxyl groups is 1. The van der Waals surface area contributed by atoms with Crippen LogP contribution in [-0.4, -0.2) is 15.1 Å². The van der Waals surface area contributed by atoms with Crippen molar-refractivity contribution < 1.29 is 9.84 Å². The van der Waals surface area contributed by atoms with Gasteiger partial charge in [-0.2, -0.15) is 4.98 Å². The fraction of sp³-hybridized carbons (Fsp3) is 0.375. The molecular weight excluding hydrogens is 266 g/mol. The fourth-order valence-corrected chi connectivity index (χ4v) is 1.79. The lowest BCUT2D eigenvalue weighted by molar-refractivity contribution is 0.276. The summed E-state index contributed by atoms with van der Waals surface area (Å²) in [6.07, 6.45) is 0. The highest BCUT2D eigenvalue weighted by molar-refractivity contribution is 5.47. The fourth-order valence-electron chi connectivity index (χ4n) is 1.79. The summed E-state index contributed by atoms with van der Waals surface area (Å²) in [7, 11) is 0. The SMILES string of the molecule is Cc1c(N)nc(C(C)(C)C)nc1Oc1ccccc1CO. The van der Waals surface area contributed by atoms with Gasteiger partial charge in [-0.25, -0.2) is 4.98 Å². The normalized spacial score (nSPS) is 11.5. The van der Waals surface area contributed by atoms with Gasteiger partial charge in [-0.1, -0.05) is 39.0 Å². The van der Waals surface area contributed by atoms with E-state index >= 15 is 0 Å². The number of nitrogens with zero attached hydrogens (tertiary/aromatic N) is 2. The summed E-state index contributed by atoms with van der Waals surface area (Å²) >= 11 is 0. The highest BCUT2D eigenvalue weighted by Crippen LogP contribution is 2.30. The van der Waals surface area contributed by atoms with Crippen LogP contribution < -0.4 is 10.5 Å². The first-order valence-corrected chi connectivity index (χ1v) is 6.84. The molecular formula is C16H21N3O2. The van der Waals surface area contributed by atoms with Crippen molar-refractivity contribution in [3.63, 3.8) is 0 Å². The van der Waals surface area contributed by atoms with Crippen molar-refractivity contribution in [2.75, 3.05) is 5.73 Å². The maximum atomic E-state index is 9.37. The highest BCUT2D eigenvalue weighted by atomic mass is 16.5. The number of aromatic nitrogens is 2. The van der Waals surface area contributed by atoms with E-state index < -0.39 is 0 Å². The molecule has 1 heterocycles. The molecule has 1 aromatic heterocycles. The third kappa shape index (κ3) is 3.31. The average Bonchev–Trinajstić information content (AvgIpc) is 2.43. The lowest BCUT2D eigenvalue weighted by Gasteiger charge is -2.19. The van der Waals surface area contributed by atoms with E-state index in [0.29, 0.717) is 34.4 Å². The molecule has 0 atom stereocenters. The standard InChI is InChI=1S/C16H21N3O2/c1-10-13(17)18-15(16(2,3)4)19-14(10)21-12-8-6-5-7-11(12)9-20/h5-8,20H,9H2,1-4H3,(H2,17,18,19). The summed E-state index contributed by atoms with van der Waals surface area (Å²) in [6, 6.07) is 7.29. The average molecular weight is 287 g/mol. The third-order valence-corrected chi connectivity index (χ3v) is 3.16. The van der Waals surface area contributed by atoms with Crippen molar-refractivity contribution >= 4 is 5.82 Å². The van der Waals surface area contributed by atoms with Crippen LogP contribution >= 0.6 is 0 Å². The summed E-state index contributed by atoms with van der Waals surface area (Å²) in [6.45, 7) is 7.77. The number of ether oxygens (including phenoxy) is 1. The van der Waals surface area contributed by atoms with E-state index in [-0.39, 0.29) is 12.0 Å². The largest absolute Gasteiger partial charge is 0.438 e. The van der Waals surface area contributed by atoms with Crippen LogP contribution in [0.3, 0.4) is 0 Å². The Morgan fingerprint density at radius 3 is 2.48 bits per heavy atom. The number of nitrogens with two attached hydrogens (primary N) is 1. The first kappa shape index (κ1) is 15.3. The molecule has 0 spiro atoms. The van der Waals surface area contributed by atoms with Gasteiger partial charge in [0.2, 0.25) is 5.88 Å². The van der Waals surface area contributed by atoms with E-state index in [9.17, 15) is 5.11 Å². The van der Waals surface area contributed by atoms with Crippen LogP contribution in [0.2, 0.25) is 0 Å². The van der Waals surface area contributed by atoms with Gasteiger partial charge in [-0.3, -0.25) is 0 Å². The van der Waals surface area contributed by atoms with Crippen LogP contribution in [0.25, 0.3) is 0 Å². The molecule has 5 nitrogen and oxygen atoms in total. The van der Waals surface area contributed by atoms with E-state index in [1.54, 1.807) is 12.1 Å². The number of hydrogen-bond donors (Lipinski definition) is 2. The maximum absolute atomic E-state index is 9.37. The molecule has 0 aliphatic heterocycles. The minimum absolute atomic E-state index is 0.0953. The molecule has 0 fully saturated rings. The lowest BCUT2D eigenvalue weighted by Crippen LogP contribution is -2.18. The van der Waals surface area contributed by atoms with Crippen LogP contribution in [0.15, 0.2) is 24.3 Å². The van der Waals surface area contributed by atoms with Gasteiger partial charge in [0.15, 0.2) is 0 Å². The van der Waals surface area contributed by atoms with Crippen molar-refractivity contribution in [3.05, 3.63) is 41.2 Å². The molecule has 21 heavy (non-hydrogen) atoms. The van der Waals surface area contributed by atoms with Crippen molar-refractivity contribution in [2.24, 2.45) is 0 Å². The molecule has 0 saturated carbocycles. The lowest BCUT2D eigenvalue weighted by atomic mass is 9.95. The Morgan fingerprint density at radius 2 is 1.86 bits per heavy atom. The van der Waals surface area contributed by atoms with E-state index in [0.717, 1.165) is 0 Å². The highest BCUT2D eigenvalue weighted by Gasteiger charge is 2.21. The van der Waals surface area contributed by atoms with E-state index in [1.165, 1.54) is 0 Å². The summed E-state index contributed by atoms with van der Waals surface area (Å²) < 4.78 is 5.86. The van der Waals surface area contributed by atoms with Gasteiger partial charge < -0.3 is 15.6 Å². The van der Waals surface area contributed by atoms with Crippen molar-refractivity contribution in [2.45, 2.75) is 39.7 Å². The van der Waals surface area contributed by atoms with E-state index in [1.807, 2.05) is 39.8 Å². The van der Waals surface area contributed by atoms with Gasteiger partial charge in [0.05, 0.1) is 12.2 Å². The number of benzene rings is 1. The summed E-state index contributed by atoms with van der Waals surface area (Å²) in [4.78, 5) is 8.81. The molecule has 1 aromatic carbocycles. The number of hydrogen-bond acceptors (Lipinski definition) is 5. The molecule has 112 valence electrons. The van der Waals surface area contributed by atoms with Crippen molar-refractivity contribution in [3.8, 4) is 11.6 Å². The molecule has 0 aliphatic rings. The van der Waals surface area contributed by atoms with E-state index in [4.69, 9.17) is 10.5 Å². The second-order valence-electron chi connectivity index (χ2n) is 5.98. The van der Waals surface area contributed by atoms with Crippen LogP contribution in [0, 0.1) is 6.92 Å². The zero-order valence-corrected chi connectivity index (χ0v) is 12.8. The smallest absolute Gasteiger partial charge is 0.227 e. The predicted octanol–water partition coefficient (Wildman–Crippen LogP) is 2.95. The minimum Gasteiger partial charge on any atom is -0.438 e. The molecule has 0 saturated heterocycles. The Kier molecular flexibility index (Phi) is 4.14. The summed E-state index contributed by atoms with van der Waals surface area (Å²) in [5.41, 5.74) is 7.13. The Labute approximate surface area is 124 Å². The molecule has 0 aliphatic carbocycles. The summed E-state index contributed by atoms with van der Waals surface area (Å²) in [5, 5.41) is 9.37. The van der Waals surface area contributed by atoms with E-state index in [2.05, 4.69) is 9.97 Å². The quantitative estimate of drug-likeness (QED) is 0.907. The molecule has 2 aromatic rings.